The Kier molecular flexibility index (Phi) is 6.70. The van der Waals surface area contributed by atoms with Crippen molar-refractivity contribution in [3.8, 4) is 11.1 Å². The van der Waals surface area contributed by atoms with E-state index >= 15 is 0 Å². The average Bonchev–Trinajstić information content (AvgIpc) is 2.68. The van der Waals surface area contributed by atoms with Crippen LogP contribution in [0.1, 0.15) is 0 Å². The normalized spacial score (nSPS) is 10.8. The third-order valence-electron chi connectivity index (χ3n) is 3.41. The first kappa shape index (κ1) is 18.6. The van der Waals surface area contributed by atoms with Crippen LogP contribution in [0.3, 0.4) is 0 Å². The van der Waals surface area contributed by atoms with Gasteiger partial charge in [-0.3, -0.25) is 0 Å². The molecule has 1 heterocycles. The Balaban J connectivity index is 2.01. The maximum absolute atomic E-state index is 4.55. The molecule has 7 heteroatoms. The fourth-order valence-corrected chi connectivity index (χ4v) is 5.04. The highest BCUT2D eigenvalue weighted by molar-refractivity contribution is 8.02. The molecule has 0 atom stereocenters. The van der Waals surface area contributed by atoms with Gasteiger partial charge in [-0.2, -0.15) is 15.0 Å². The molecule has 25 heavy (non-hydrogen) atoms. The number of nitrogens with zero attached hydrogens (tertiary/aromatic N) is 3. The number of hydrogen-bond acceptors (Lipinski definition) is 7. The van der Waals surface area contributed by atoms with Crippen molar-refractivity contribution >= 4 is 47.0 Å². The second-order valence-corrected chi connectivity index (χ2v) is 8.27. The molecule has 0 saturated heterocycles. The van der Waals surface area contributed by atoms with Gasteiger partial charge in [0.15, 0.2) is 15.5 Å². The first-order valence-corrected chi connectivity index (χ1v) is 12.0. The van der Waals surface area contributed by atoms with E-state index in [9.17, 15) is 0 Å². The van der Waals surface area contributed by atoms with Crippen molar-refractivity contribution in [2.45, 2.75) is 25.3 Å². The summed E-state index contributed by atoms with van der Waals surface area (Å²) in [5, 5.41) is 2.25. The molecule has 0 aliphatic carbocycles. The van der Waals surface area contributed by atoms with E-state index in [2.05, 4.69) is 63.7 Å². The lowest BCUT2D eigenvalue weighted by molar-refractivity contribution is 0.719. The average molecular weight is 404 g/mol. The monoisotopic (exact) mass is 403 g/mol. The fraction of sp³-hybridized carbons (Fsp3) is 0.167. The lowest BCUT2D eigenvalue weighted by Gasteiger charge is -2.12. The Morgan fingerprint density at radius 1 is 0.640 bits per heavy atom. The number of benzene rings is 2. The van der Waals surface area contributed by atoms with E-state index in [4.69, 9.17) is 0 Å². The second-order valence-electron chi connectivity index (χ2n) is 4.90. The summed E-state index contributed by atoms with van der Waals surface area (Å²) in [6.45, 7) is 0. The van der Waals surface area contributed by atoms with Gasteiger partial charge >= 0.3 is 0 Å². The van der Waals surface area contributed by atoms with Crippen molar-refractivity contribution in [3.05, 3.63) is 48.5 Å². The molecule has 3 nitrogen and oxygen atoms in total. The van der Waals surface area contributed by atoms with Crippen LogP contribution in [0.4, 0.5) is 0 Å². The van der Waals surface area contributed by atoms with Gasteiger partial charge in [0.2, 0.25) is 0 Å². The van der Waals surface area contributed by atoms with Crippen LogP contribution < -0.4 is 0 Å². The molecular weight excluding hydrogens is 386 g/mol. The van der Waals surface area contributed by atoms with Crippen molar-refractivity contribution in [2.75, 3.05) is 18.8 Å². The summed E-state index contributed by atoms with van der Waals surface area (Å²) in [5.74, 6) is 0. The molecule has 3 rings (SSSR count). The Bertz CT molecular complexity index is 834. The van der Waals surface area contributed by atoms with Crippen molar-refractivity contribution in [1.82, 2.24) is 15.0 Å². The van der Waals surface area contributed by atoms with Crippen LogP contribution in [0.25, 0.3) is 11.1 Å². The zero-order chi connectivity index (χ0) is 17.6. The summed E-state index contributed by atoms with van der Waals surface area (Å²) < 4.78 is 0. The van der Waals surface area contributed by atoms with Gasteiger partial charge in [-0.25, -0.2) is 0 Å². The molecule has 0 aliphatic heterocycles. The standard InChI is InChI=1S/C18H17N3S4/c1-22-15-13(12-8-5-4-6-9-12)10-7-11-14(15)25-18-20-16(23-2)19-17(21-18)24-3/h4-11H,1-3H3. The van der Waals surface area contributed by atoms with Gasteiger partial charge in [-0.05, 0) is 47.7 Å². The van der Waals surface area contributed by atoms with Crippen molar-refractivity contribution in [2.24, 2.45) is 0 Å². The van der Waals surface area contributed by atoms with E-state index in [1.807, 2.05) is 18.6 Å². The molecule has 0 bridgehead atoms. The maximum atomic E-state index is 4.55. The largest absolute Gasteiger partial charge is 0.197 e. The van der Waals surface area contributed by atoms with E-state index in [1.165, 1.54) is 44.4 Å². The Morgan fingerprint density at radius 3 is 1.88 bits per heavy atom. The van der Waals surface area contributed by atoms with Crippen LogP contribution in [0, 0.1) is 0 Å². The first-order chi connectivity index (χ1) is 12.2. The van der Waals surface area contributed by atoms with Crippen LogP contribution in [-0.4, -0.2) is 33.7 Å². The van der Waals surface area contributed by atoms with Crippen LogP contribution in [0.15, 0.2) is 73.8 Å². The summed E-state index contributed by atoms with van der Waals surface area (Å²) in [4.78, 5) is 15.9. The number of thioether (sulfide) groups is 3. The highest BCUT2D eigenvalue weighted by atomic mass is 32.2. The second kappa shape index (κ2) is 8.98. The van der Waals surface area contributed by atoms with Gasteiger partial charge < -0.3 is 0 Å². The molecular formula is C18H17N3S4. The van der Waals surface area contributed by atoms with Crippen molar-refractivity contribution in [3.63, 3.8) is 0 Å². The minimum Gasteiger partial charge on any atom is -0.196 e. The maximum Gasteiger partial charge on any atom is 0.197 e. The third kappa shape index (κ3) is 4.53. The van der Waals surface area contributed by atoms with Gasteiger partial charge in [-0.15, -0.1) is 11.8 Å². The molecule has 0 fully saturated rings. The summed E-state index contributed by atoms with van der Waals surface area (Å²) in [5.41, 5.74) is 2.46. The number of hydrogen-bond donors (Lipinski definition) is 0. The smallest absolute Gasteiger partial charge is 0.196 e. The van der Waals surface area contributed by atoms with Crippen LogP contribution in [0.5, 0.6) is 0 Å². The molecule has 0 amide bonds. The van der Waals surface area contributed by atoms with Crippen LogP contribution in [0.2, 0.25) is 0 Å². The number of aromatic nitrogens is 3. The van der Waals surface area contributed by atoms with E-state index < -0.39 is 0 Å². The van der Waals surface area contributed by atoms with E-state index in [1.54, 1.807) is 23.5 Å². The minimum atomic E-state index is 0.740. The molecule has 3 aromatic rings. The summed E-state index contributed by atoms with van der Waals surface area (Å²) in [6, 6.07) is 16.9. The molecule has 0 aliphatic rings. The van der Waals surface area contributed by atoms with Gasteiger partial charge in [-0.1, -0.05) is 66.0 Å². The van der Waals surface area contributed by atoms with Gasteiger partial charge in [0.25, 0.3) is 0 Å². The Labute approximate surface area is 165 Å². The predicted molar refractivity (Wildman–Crippen MR) is 111 cm³/mol. The summed E-state index contributed by atoms with van der Waals surface area (Å²) in [6.07, 6.45) is 6.08. The molecule has 1 aromatic heterocycles. The fourth-order valence-electron chi connectivity index (χ4n) is 2.30. The summed E-state index contributed by atoms with van der Waals surface area (Å²) in [7, 11) is 0. The van der Waals surface area contributed by atoms with E-state index in [0.29, 0.717) is 0 Å². The van der Waals surface area contributed by atoms with Crippen LogP contribution >= 0.6 is 47.0 Å². The number of rotatable bonds is 6. The molecule has 2 aromatic carbocycles. The highest BCUT2D eigenvalue weighted by Crippen LogP contribution is 2.40. The lowest BCUT2D eigenvalue weighted by atomic mass is 10.1. The molecule has 0 radical (unpaired) electrons. The van der Waals surface area contributed by atoms with Crippen molar-refractivity contribution in [1.29, 1.82) is 0 Å². The zero-order valence-corrected chi connectivity index (χ0v) is 17.4. The molecule has 0 spiro atoms. The van der Waals surface area contributed by atoms with Crippen molar-refractivity contribution < 1.29 is 0 Å². The van der Waals surface area contributed by atoms with Gasteiger partial charge in [0, 0.05) is 9.79 Å². The van der Waals surface area contributed by atoms with E-state index in [0.717, 1.165) is 15.5 Å². The first-order valence-electron chi connectivity index (χ1n) is 7.49. The quantitative estimate of drug-likeness (QED) is 0.478. The molecule has 0 saturated carbocycles. The molecule has 0 unspecified atom stereocenters. The third-order valence-corrected chi connectivity index (χ3v) is 6.41. The minimum absolute atomic E-state index is 0.740. The predicted octanol–water partition coefficient (Wildman–Crippen LogP) is 5.86. The molecule has 128 valence electrons. The Hall–Kier alpha value is -1.15. The Morgan fingerprint density at radius 2 is 1.28 bits per heavy atom. The highest BCUT2D eigenvalue weighted by Gasteiger charge is 2.13. The zero-order valence-electron chi connectivity index (χ0n) is 14.1. The van der Waals surface area contributed by atoms with Gasteiger partial charge in [0.05, 0.1) is 0 Å². The van der Waals surface area contributed by atoms with Crippen LogP contribution in [-0.2, 0) is 0 Å². The lowest BCUT2D eigenvalue weighted by Crippen LogP contribution is -1.96. The SMILES string of the molecule is CSc1nc(SC)nc(Sc2cccc(-c3ccccc3)c2SC)n1. The van der Waals surface area contributed by atoms with E-state index in [-0.39, 0.29) is 0 Å². The summed E-state index contributed by atoms with van der Waals surface area (Å²) >= 11 is 6.43. The topological polar surface area (TPSA) is 38.7 Å². The van der Waals surface area contributed by atoms with Gasteiger partial charge in [0.1, 0.15) is 0 Å². The molecule has 0 N–H and O–H groups in total.